The van der Waals surface area contributed by atoms with E-state index in [0.29, 0.717) is 0 Å². The SMILES string of the molecule is CCCCCCCCCCS[C@@H]1O[C@H](CO)[C@H](O)[C@H](O)[C@H]1O. The van der Waals surface area contributed by atoms with Gasteiger partial charge in [0.05, 0.1) is 6.61 Å². The van der Waals surface area contributed by atoms with Crippen LogP contribution in [0.25, 0.3) is 0 Å². The molecule has 0 bridgehead atoms. The molecule has 0 saturated carbocycles. The minimum absolute atomic E-state index is 0.361. The van der Waals surface area contributed by atoms with Gasteiger partial charge in [-0.25, -0.2) is 0 Å². The molecule has 0 aromatic heterocycles. The van der Waals surface area contributed by atoms with Gasteiger partial charge in [0.15, 0.2) is 0 Å². The molecular formula is C16H32O5S. The van der Waals surface area contributed by atoms with E-state index in [9.17, 15) is 15.3 Å². The van der Waals surface area contributed by atoms with Gasteiger partial charge in [-0.3, -0.25) is 0 Å². The molecule has 0 radical (unpaired) electrons. The summed E-state index contributed by atoms with van der Waals surface area (Å²) in [5.74, 6) is 0.845. The minimum Gasteiger partial charge on any atom is -0.394 e. The molecule has 4 N–H and O–H groups in total. The van der Waals surface area contributed by atoms with Crippen LogP contribution in [0.15, 0.2) is 0 Å². The van der Waals surface area contributed by atoms with E-state index in [-0.39, 0.29) is 6.61 Å². The molecule has 0 spiro atoms. The van der Waals surface area contributed by atoms with Crippen LogP contribution < -0.4 is 0 Å². The normalized spacial score (nSPS) is 32.3. The Balaban J connectivity index is 2.11. The lowest BCUT2D eigenvalue weighted by Gasteiger charge is -2.39. The average molecular weight is 336 g/mol. The number of thioether (sulfide) groups is 1. The van der Waals surface area contributed by atoms with Gasteiger partial charge in [0.25, 0.3) is 0 Å². The largest absolute Gasteiger partial charge is 0.394 e. The molecule has 1 fully saturated rings. The smallest absolute Gasteiger partial charge is 0.132 e. The van der Waals surface area contributed by atoms with Crippen LogP contribution in [0.2, 0.25) is 0 Å². The van der Waals surface area contributed by atoms with Crippen molar-refractivity contribution in [1.82, 2.24) is 0 Å². The van der Waals surface area contributed by atoms with Crippen LogP contribution in [0.1, 0.15) is 58.3 Å². The summed E-state index contributed by atoms with van der Waals surface area (Å²) in [6, 6.07) is 0. The molecule has 1 aliphatic rings. The number of unbranched alkanes of at least 4 members (excludes halogenated alkanes) is 7. The maximum atomic E-state index is 9.91. The van der Waals surface area contributed by atoms with Crippen LogP contribution in [-0.2, 0) is 4.74 Å². The van der Waals surface area contributed by atoms with Crippen LogP contribution in [0.5, 0.6) is 0 Å². The lowest BCUT2D eigenvalue weighted by Crippen LogP contribution is -2.57. The Morgan fingerprint density at radius 2 is 1.41 bits per heavy atom. The van der Waals surface area contributed by atoms with Crippen LogP contribution in [0, 0.1) is 0 Å². The van der Waals surface area contributed by atoms with Gasteiger partial charge in [-0.15, -0.1) is 11.8 Å². The molecule has 0 unspecified atom stereocenters. The Hall–Kier alpha value is 0.150. The molecule has 22 heavy (non-hydrogen) atoms. The van der Waals surface area contributed by atoms with Crippen LogP contribution >= 0.6 is 11.8 Å². The van der Waals surface area contributed by atoms with E-state index in [1.165, 1.54) is 50.3 Å². The molecule has 1 rings (SSSR count). The number of rotatable bonds is 11. The van der Waals surface area contributed by atoms with Gasteiger partial charge < -0.3 is 25.2 Å². The van der Waals surface area contributed by atoms with Crippen molar-refractivity contribution in [2.45, 2.75) is 88.1 Å². The molecule has 132 valence electrons. The van der Waals surface area contributed by atoms with Crippen LogP contribution in [0.4, 0.5) is 0 Å². The van der Waals surface area contributed by atoms with Crippen molar-refractivity contribution in [3.05, 3.63) is 0 Å². The molecule has 1 aliphatic heterocycles. The summed E-state index contributed by atoms with van der Waals surface area (Å²) in [4.78, 5) is 0. The van der Waals surface area contributed by atoms with Gasteiger partial charge in [-0.2, -0.15) is 0 Å². The quantitative estimate of drug-likeness (QED) is 0.429. The first kappa shape index (κ1) is 20.2. The second-order valence-electron chi connectivity index (χ2n) is 6.04. The third kappa shape index (κ3) is 6.72. The molecule has 5 nitrogen and oxygen atoms in total. The highest BCUT2D eigenvalue weighted by molar-refractivity contribution is 7.99. The number of aliphatic hydroxyl groups is 4. The lowest BCUT2D eigenvalue weighted by molar-refractivity contribution is -0.205. The lowest BCUT2D eigenvalue weighted by atomic mass is 10.0. The minimum atomic E-state index is -1.26. The molecule has 0 aromatic rings. The van der Waals surface area contributed by atoms with Crippen molar-refractivity contribution in [2.24, 2.45) is 0 Å². The van der Waals surface area contributed by atoms with E-state index >= 15 is 0 Å². The number of hydrogen-bond donors (Lipinski definition) is 4. The predicted octanol–water partition coefficient (Wildman–Crippen LogP) is 1.66. The topological polar surface area (TPSA) is 90.2 Å². The molecule has 0 amide bonds. The Labute approximate surface area is 138 Å². The van der Waals surface area contributed by atoms with Crippen molar-refractivity contribution in [3.63, 3.8) is 0 Å². The monoisotopic (exact) mass is 336 g/mol. The molecule has 5 atom stereocenters. The van der Waals surface area contributed by atoms with Crippen molar-refractivity contribution >= 4 is 11.8 Å². The third-order valence-electron chi connectivity index (χ3n) is 4.13. The Bertz CT molecular complexity index is 277. The van der Waals surface area contributed by atoms with E-state index in [4.69, 9.17) is 9.84 Å². The number of hydrogen-bond acceptors (Lipinski definition) is 6. The van der Waals surface area contributed by atoms with E-state index in [2.05, 4.69) is 6.92 Å². The highest BCUT2D eigenvalue weighted by Gasteiger charge is 2.43. The molecule has 6 heteroatoms. The van der Waals surface area contributed by atoms with Gasteiger partial charge >= 0.3 is 0 Å². The third-order valence-corrected chi connectivity index (χ3v) is 5.37. The Kier molecular flexibility index (Phi) is 10.7. The zero-order valence-corrected chi connectivity index (χ0v) is 14.4. The van der Waals surface area contributed by atoms with Crippen molar-refractivity contribution < 1.29 is 25.2 Å². The Morgan fingerprint density at radius 1 is 0.818 bits per heavy atom. The first-order chi connectivity index (χ1) is 10.6. The molecule has 1 heterocycles. The average Bonchev–Trinajstić information content (AvgIpc) is 2.53. The summed E-state index contributed by atoms with van der Waals surface area (Å²) >= 11 is 1.45. The molecule has 0 aliphatic carbocycles. The van der Waals surface area contributed by atoms with Gasteiger partial charge in [-0.05, 0) is 12.2 Å². The first-order valence-electron chi connectivity index (χ1n) is 8.54. The number of ether oxygens (including phenoxy) is 1. The predicted molar refractivity (Wildman–Crippen MR) is 88.8 cm³/mol. The number of aliphatic hydroxyl groups excluding tert-OH is 4. The summed E-state index contributed by atoms with van der Waals surface area (Å²) in [5, 5.41) is 38.4. The van der Waals surface area contributed by atoms with Gasteiger partial charge in [-0.1, -0.05) is 51.9 Å². The summed E-state index contributed by atoms with van der Waals surface area (Å²) in [5.41, 5.74) is -0.583. The second kappa shape index (κ2) is 11.6. The summed E-state index contributed by atoms with van der Waals surface area (Å²) in [6.45, 7) is 1.86. The fraction of sp³-hybridized carbons (Fsp3) is 1.00. The standard InChI is InChI=1S/C16H32O5S/c1-2-3-4-5-6-7-8-9-10-22-16-15(20)14(19)13(18)12(11-17)21-16/h12-20H,2-11H2,1H3/t12-,13+,14+,15-,16+/m1/s1. The fourth-order valence-electron chi connectivity index (χ4n) is 2.64. The molecule has 0 aromatic carbocycles. The zero-order valence-electron chi connectivity index (χ0n) is 13.6. The van der Waals surface area contributed by atoms with Crippen molar-refractivity contribution in [1.29, 1.82) is 0 Å². The van der Waals surface area contributed by atoms with E-state index in [0.717, 1.165) is 18.6 Å². The van der Waals surface area contributed by atoms with Crippen molar-refractivity contribution in [2.75, 3.05) is 12.4 Å². The molecular weight excluding hydrogens is 304 g/mol. The summed E-state index contributed by atoms with van der Waals surface area (Å²) in [6.07, 6.45) is 5.54. The van der Waals surface area contributed by atoms with Gasteiger partial charge in [0.2, 0.25) is 0 Å². The zero-order chi connectivity index (χ0) is 16.4. The highest BCUT2D eigenvalue weighted by Crippen LogP contribution is 2.29. The van der Waals surface area contributed by atoms with E-state index in [1.54, 1.807) is 0 Å². The van der Waals surface area contributed by atoms with Gasteiger partial charge in [0.1, 0.15) is 29.9 Å². The Morgan fingerprint density at radius 3 is 2.00 bits per heavy atom. The first-order valence-corrected chi connectivity index (χ1v) is 9.58. The molecule has 1 saturated heterocycles. The van der Waals surface area contributed by atoms with E-state index in [1.807, 2.05) is 0 Å². The summed E-state index contributed by atoms with van der Waals surface area (Å²) < 4.78 is 5.46. The van der Waals surface area contributed by atoms with Gasteiger partial charge in [0, 0.05) is 0 Å². The van der Waals surface area contributed by atoms with Crippen LogP contribution in [-0.4, -0.2) is 62.6 Å². The highest BCUT2D eigenvalue weighted by atomic mass is 32.2. The summed E-state index contributed by atoms with van der Waals surface area (Å²) in [7, 11) is 0. The fourth-order valence-corrected chi connectivity index (χ4v) is 3.82. The maximum Gasteiger partial charge on any atom is 0.132 e. The van der Waals surface area contributed by atoms with Crippen LogP contribution in [0.3, 0.4) is 0 Å². The maximum absolute atomic E-state index is 9.91. The second-order valence-corrected chi connectivity index (χ2v) is 7.25. The van der Waals surface area contributed by atoms with Crippen molar-refractivity contribution in [3.8, 4) is 0 Å². The van der Waals surface area contributed by atoms with E-state index < -0.39 is 29.9 Å².